The highest BCUT2D eigenvalue weighted by molar-refractivity contribution is 7.89. The third-order valence-electron chi connectivity index (χ3n) is 6.80. The van der Waals surface area contributed by atoms with Crippen molar-refractivity contribution in [1.82, 2.24) is 9.29 Å². The summed E-state index contributed by atoms with van der Waals surface area (Å²) < 4.78 is 27.4. The SMILES string of the molecule is CCCCCc1cc2c(CCCCCN)cc(-c3cccc(S(=O)(=O)N4C[CH]C4)c3)cc2nc1N. The van der Waals surface area contributed by atoms with Gasteiger partial charge in [0, 0.05) is 18.5 Å². The van der Waals surface area contributed by atoms with Gasteiger partial charge in [-0.15, -0.1) is 0 Å². The lowest BCUT2D eigenvalue weighted by molar-refractivity contribution is 0.385. The lowest BCUT2D eigenvalue weighted by atomic mass is 9.94. The minimum absolute atomic E-state index is 0.325. The molecule has 0 aliphatic carbocycles. The Kier molecular flexibility index (Phi) is 8.42. The quantitative estimate of drug-likeness (QED) is 0.342. The minimum atomic E-state index is -3.47. The topological polar surface area (TPSA) is 102 Å². The van der Waals surface area contributed by atoms with E-state index >= 15 is 0 Å². The van der Waals surface area contributed by atoms with Crippen molar-refractivity contribution in [2.45, 2.75) is 63.2 Å². The Balaban J connectivity index is 1.74. The van der Waals surface area contributed by atoms with Gasteiger partial charge in [-0.05, 0) is 91.6 Å². The lowest BCUT2D eigenvalue weighted by Crippen LogP contribution is -2.42. The van der Waals surface area contributed by atoms with Gasteiger partial charge in [-0.25, -0.2) is 13.4 Å². The van der Waals surface area contributed by atoms with Gasteiger partial charge < -0.3 is 11.5 Å². The summed E-state index contributed by atoms with van der Waals surface area (Å²) in [6.45, 7) is 3.85. The summed E-state index contributed by atoms with van der Waals surface area (Å²) in [5, 5.41) is 1.14. The number of anilines is 1. The Morgan fingerprint density at radius 2 is 1.69 bits per heavy atom. The van der Waals surface area contributed by atoms with Crippen molar-refractivity contribution in [2.24, 2.45) is 5.73 Å². The van der Waals surface area contributed by atoms with Gasteiger partial charge in [0.05, 0.1) is 10.4 Å². The van der Waals surface area contributed by atoms with Gasteiger partial charge in [0.25, 0.3) is 0 Å². The smallest absolute Gasteiger partial charge is 0.243 e. The number of nitrogens with zero attached hydrogens (tertiary/aromatic N) is 2. The van der Waals surface area contributed by atoms with Crippen molar-refractivity contribution in [3.05, 3.63) is 60.0 Å². The van der Waals surface area contributed by atoms with Crippen molar-refractivity contribution in [1.29, 1.82) is 0 Å². The van der Waals surface area contributed by atoms with Crippen LogP contribution in [0.4, 0.5) is 5.82 Å². The van der Waals surface area contributed by atoms with Crippen LogP contribution in [0, 0.1) is 6.42 Å². The van der Waals surface area contributed by atoms with Gasteiger partial charge in [-0.2, -0.15) is 4.31 Å². The standard InChI is InChI=1S/C28H37N4O2S/c1-2-3-5-11-23-19-26-22(10-6-4-7-14-29)17-24(20-27(26)31-28(23)30)21-12-8-13-25(18-21)35(33,34)32-15-9-16-32/h8-9,12-13,17-20H,2-7,10-11,14-16,29H2,1H3,(H2,30,31). The zero-order chi connectivity index (χ0) is 24.8. The highest BCUT2D eigenvalue weighted by atomic mass is 32.2. The summed E-state index contributed by atoms with van der Waals surface area (Å²) in [5.74, 6) is 0.588. The van der Waals surface area contributed by atoms with Crippen LogP contribution in [0.5, 0.6) is 0 Å². The van der Waals surface area contributed by atoms with Crippen molar-refractivity contribution in [3.8, 4) is 11.1 Å². The highest BCUT2D eigenvalue weighted by Gasteiger charge is 2.29. The molecular weight excluding hydrogens is 456 g/mol. The summed E-state index contributed by atoms with van der Waals surface area (Å²) in [5.41, 5.74) is 17.1. The zero-order valence-electron chi connectivity index (χ0n) is 20.7. The molecule has 7 heteroatoms. The van der Waals surface area contributed by atoms with Gasteiger partial charge in [-0.3, -0.25) is 0 Å². The first-order valence-corrected chi connectivity index (χ1v) is 14.2. The van der Waals surface area contributed by atoms with Crippen LogP contribution in [0.25, 0.3) is 22.0 Å². The molecule has 35 heavy (non-hydrogen) atoms. The molecule has 0 atom stereocenters. The van der Waals surface area contributed by atoms with Gasteiger partial charge in [-0.1, -0.05) is 44.4 Å². The number of aromatic nitrogens is 1. The fourth-order valence-electron chi connectivity index (χ4n) is 4.60. The molecular formula is C28H37N4O2S. The molecule has 0 saturated carbocycles. The molecule has 3 aromatic rings. The summed E-state index contributed by atoms with van der Waals surface area (Å²) >= 11 is 0. The van der Waals surface area contributed by atoms with Crippen molar-refractivity contribution < 1.29 is 8.42 Å². The molecule has 1 fully saturated rings. The van der Waals surface area contributed by atoms with E-state index in [1.165, 1.54) is 22.7 Å². The third kappa shape index (κ3) is 5.85. The number of nitrogens with two attached hydrogens (primary N) is 2. The molecule has 0 unspecified atom stereocenters. The molecule has 4 N–H and O–H groups in total. The Labute approximate surface area is 209 Å². The Hall–Kier alpha value is -2.48. The normalized spacial score (nSPS) is 14.3. The second kappa shape index (κ2) is 11.5. The molecule has 0 amide bonds. The molecule has 1 aliphatic heterocycles. The summed E-state index contributed by atoms with van der Waals surface area (Å²) in [6, 6.07) is 13.7. The average Bonchev–Trinajstić information content (AvgIpc) is 2.81. The van der Waals surface area contributed by atoms with Crippen LogP contribution in [-0.2, 0) is 22.9 Å². The molecule has 1 aromatic heterocycles. The summed E-state index contributed by atoms with van der Waals surface area (Å²) in [7, 11) is -3.47. The van der Waals surface area contributed by atoms with Crippen LogP contribution in [0.3, 0.4) is 0 Å². The van der Waals surface area contributed by atoms with Crippen LogP contribution < -0.4 is 11.5 Å². The number of fused-ring (bicyclic) bond motifs is 1. The first-order valence-electron chi connectivity index (χ1n) is 12.8. The predicted molar refractivity (Wildman–Crippen MR) is 144 cm³/mol. The number of hydrogen-bond acceptors (Lipinski definition) is 5. The maximum atomic E-state index is 12.9. The fraction of sp³-hybridized carbons (Fsp3) is 0.429. The molecule has 2 heterocycles. The van der Waals surface area contributed by atoms with Gasteiger partial charge in [0.15, 0.2) is 0 Å². The van der Waals surface area contributed by atoms with E-state index in [0.717, 1.165) is 66.1 Å². The average molecular weight is 494 g/mol. The van der Waals surface area contributed by atoms with E-state index in [9.17, 15) is 8.42 Å². The van der Waals surface area contributed by atoms with Crippen LogP contribution in [-0.4, -0.2) is 37.3 Å². The number of nitrogen functional groups attached to an aromatic ring is 1. The van der Waals surface area contributed by atoms with Gasteiger partial charge in [0.2, 0.25) is 10.0 Å². The molecule has 1 radical (unpaired) electrons. The molecule has 0 bridgehead atoms. The number of sulfonamides is 1. The first-order chi connectivity index (χ1) is 16.9. The molecule has 187 valence electrons. The summed E-state index contributed by atoms with van der Waals surface area (Å²) in [4.78, 5) is 5.12. The number of hydrogen-bond donors (Lipinski definition) is 2. The number of benzene rings is 2. The van der Waals surface area contributed by atoms with E-state index < -0.39 is 10.0 Å². The Bertz CT molecular complexity index is 1270. The van der Waals surface area contributed by atoms with Gasteiger partial charge in [0.1, 0.15) is 5.82 Å². The molecule has 4 rings (SSSR count). The molecule has 1 saturated heterocycles. The first kappa shape index (κ1) is 25.6. The van der Waals surface area contributed by atoms with E-state index in [-0.39, 0.29) is 0 Å². The molecule has 6 nitrogen and oxygen atoms in total. The van der Waals surface area contributed by atoms with Crippen LogP contribution >= 0.6 is 0 Å². The van der Waals surface area contributed by atoms with Crippen LogP contribution in [0.2, 0.25) is 0 Å². The number of unbranched alkanes of at least 4 members (excludes halogenated alkanes) is 4. The van der Waals surface area contributed by atoms with E-state index in [0.29, 0.717) is 30.3 Å². The number of rotatable bonds is 12. The van der Waals surface area contributed by atoms with E-state index in [2.05, 4.69) is 19.1 Å². The fourth-order valence-corrected chi connectivity index (χ4v) is 6.03. The van der Waals surface area contributed by atoms with Gasteiger partial charge >= 0.3 is 0 Å². The maximum Gasteiger partial charge on any atom is 0.243 e. The Morgan fingerprint density at radius 3 is 2.40 bits per heavy atom. The molecule has 2 aromatic carbocycles. The zero-order valence-corrected chi connectivity index (χ0v) is 21.5. The monoisotopic (exact) mass is 493 g/mol. The predicted octanol–water partition coefficient (Wildman–Crippen LogP) is 5.10. The number of pyridine rings is 1. The second-order valence-electron chi connectivity index (χ2n) is 9.43. The van der Waals surface area contributed by atoms with Crippen molar-refractivity contribution in [3.63, 3.8) is 0 Å². The molecule has 0 spiro atoms. The van der Waals surface area contributed by atoms with E-state index in [1.807, 2.05) is 24.6 Å². The second-order valence-corrected chi connectivity index (χ2v) is 11.4. The van der Waals surface area contributed by atoms with E-state index in [1.54, 1.807) is 12.1 Å². The third-order valence-corrected chi connectivity index (χ3v) is 8.63. The number of aryl methyl sites for hydroxylation is 2. The molecule has 1 aliphatic rings. The van der Waals surface area contributed by atoms with E-state index in [4.69, 9.17) is 16.5 Å². The highest BCUT2D eigenvalue weighted by Crippen LogP contribution is 2.32. The maximum absolute atomic E-state index is 12.9. The summed E-state index contributed by atoms with van der Waals surface area (Å²) in [6.07, 6.45) is 10.4. The van der Waals surface area contributed by atoms with Crippen molar-refractivity contribution in [2.75, 3.05) is 25.4 Å². The van der Waals surface area contributed by atoms with Crippen LogP contribution in [0.15, 0.2) is 47.4 Å². The minimum Gasteiger partial charge on any atom is -0.383 e. The Morgan fingerprint density at radius 1 is 0.914 bits per heavy atom. The largest absolute Gasteiger partial charge is 0.383 e. The van der Waals surface area contributed by atoms with Crippen LogP contribution in [0.1, 0.15) is 56.6 Å². The van der Waals surface area contributed by atoms with Crippen molar-refractivity contribution >= 4 is 26.7 Å². The lowest BCUT2D eigenvalue weighted by Gasteiger charge is -2.29.